The first-order chi connectivity index (χ1) is 16.5. The summed E-state index contributed by atoms with van der Waals surface area (Å²) >= 11 is 3.59. The first-order valence-corrected chi connectivity index (χ1v) is 11.5. The molecule has 7 nitrogen and oxygen atoms in total. The number of nitrogens with one attached hydrogen (secondary N) is 3. The minimum Gasteiger partial charge on any atom is -0.367 e. The van der Waals surface area contributed by atoms with Crippen LogP contribution in [0.25, 0.3) is 10.8 Å². The maximum absolute atomic E-state index is 13.4. The van der Waals surface area contributed by atoms with Crippen LogP contribution >= 0.6 is 15.9 Å². The number of amides is 2. The summed E-state index contributed by atoms with van der Waals surface area (Å²) in [5.41, 5.74) is 1.36. The molecule has 3 aromatic rings. The Bertz CT molecular complexity index is 1370. The van der Waals surface area contributed by atoms with E-state index in [4.69, 9.17) is 5.26 Å². The highest BCUT2D eigenvalue weighted by Crippen LogP contribution is 2.49. The van der Waals surface area contributed by atoms with Crippen molar-refractivity contribution in [2.75, 3.05) is 6.54 Å². The maximum atomic E-state index is 13.4. The van der Waals surface area contributed by atoms with Gasteiger partial charge in [-0.3, -0.25) is 9.59 Å². The number of fused-ring (bicyclic) bond motifs is 1. The van der Waals surface area contributed by atoms with Crippen LogP contribution in [-0.4, -0.2) is 24.3 Å². The minimum absolute atomic E-state index is 0.0704. The Hall–Kier alpha value is -3.92. The van der Waals surface area contributed by atoms with Gasteiger partial charge in [0.05, 0.1) is 11.6 Å². The van der Waals surface area contributed by atoms with E-state index in [9.17, 15) is 14.4 Å². The molecule has 1 aliphatic carbocycles. The lowest BCUT2D eigenvalue weighted by molar-refractivity contribution is -0.117. The van der Waals surface area contributed by atoms with E-state index in [0.717, 1.165) is 33.7 Å². The minimum atomic E-state index is -0.725. The Morgan fingerprint density at radius 2 is 1.76 bits per heavy atom. The Morgan fingerprint density at radius 1 is 1.03 bits per heavy atom. The fourth-order valence-corrected chi connectivity index (χ4v) is 4.47. The number of carbonyl (C=O) groups excluding carboxylic acids is 3. The molecule has 4 rings (SSSR count). The number of nitrogens with zero attached hydrogens (tertiary/aromatic N) is 1. The molecule has 34 heavy (non-hydrogen) atoms. The molecule has 0 aliphatic heterocycles. The SMILES string of the molecule is N#CCNC(=O)C(=C=O)NCc1ccccc1C(=O)NC1(c2cc(Br)cc3ccccc23)CC1. The van der Waals surface area contributed by atoms with Gasteiger partial charge in [-0.25, -0.2) is 4.79 Å². The quantitative estimate of drug-likeness (QED) is 0.241. The third-order valence-corrected chi connectivity index (χ3v) is 6.28. The van der Waals surface area contributed by atoms with Gasteiger partial charge in [0.1, 0.15) is 6.54 Å². The third-order valence-electron chi connectivity index (χ3n) is 5.82. The van der Waals surface area contributed by atoms with Crippen LogP contribution in [0.1, 0.15) is 34.3 Å². The van der Waals surface area contributed by atoms with Gasteiger partial charge in [0.25, 0.3) is 11.8 Å². The average Bonchev–Trinajstić information content (AvgIpc) is 3.63. The van der Waals surface area contributed by atoms with Crippen LogP contribution in [0.2, 0.25) is 0 Å². The molecule has 0 bridgehead atoms. The highest BCUT2D eigenvalue weighted by atomic mass is 79.9. The summed E-state index contributed by atoms with van der Waals surface area (Å²) in [6.07, 6.45) is 1.66. The zero-order chi connectivity index (χ0) is 24.1. The van der Waals surface area contributed by atoms with Crippen LogP contribution in [0.15, 0.2) is 70.8 Å². The Morgan fingerprint density at radius 3 is 2.50 bits per heavy atom. The Labute approximate surface area is 205 Å². The van der Waals surface area contributed by atoms with Gasteiger partial charge >= 0.3 is 0 Å². The fourth-order valence-electron chi connectivity index (χ4n) is 3.99. The number of carbonyl (C=O) groups is 2. The van der Waals surface area contributed by atoms with Gasteiger partial charge in [-0.15, -0.1) is 0 Å². The molecule has 0 spiro atoms. The lowest BCUT2D eigenvalue weighted by atomic mass is 9.96. The zero-order valence-electron chi connectivity index (χ0n) is 18.2. The summed E-state index contributed by atoms with van der Waals surface area (Å²) in [4.78, 5) is 36.5. The molecule has 0 saturated heterocycles. The summed E-state index contributed by atoms with van der Waals surface area (Å²) in [6.45, 7) is -0.155. The van der Waals surface area contributed by atoms with Crippen LogP contribution in [-0.2, 0) is 21.7 Å². The molecular weight excluding hydrogens is 496 g/mol. The summed E-state index contributed by atoms with van der Waals surface area (Å²) in [7, 11) is 0. The van der Waals surface area contributed by atoms with Gasteiger partial charge in [-0.1, -0.05) is 58.4 Å². The van der Waals surface area contributed by atoms with Crippen molar-refractivity contribution in [3.8, 4) is 6.07 Å². The molecule has 3 aromatic carbocycles. The molecule has 8 heteroatoms. The summed E-state index contributed by atoms with van der Waals surface area (Å²) in [6, 6.07) is 21.0. The van der Waals surface area contributed by atoms with Gasteiger partial charge in [-0.2, -0.15) is 5.26 Å². The van der Waals surface area contributed by atoms with Crippen LogP contribution in [0.5, 0.6) is 0 Å². The Kier molecular flexibility index (Phi) is 6.78. The van der Waals surface area contributed by atoms with Crippen molar-refractivity contribution in [3.63, 3.8) is 0 Å². The van der Waals surface area contributed by atoms with E-state index >= 15 is 0 Å². The third kappa shape index (κ3) is 4.86. The van der Waals surface area contributed by atoms with Gasteiger partial charge in [0.15, 0.2) is 11.6 Å². The van der Waals surface area contributed by atoms with Crippen LogP contribution in [0.3, 0.4) is 0 Å². The predicted molar refractivity (Wildman–Crippen MR) is 131 cm³/mol. The first kappa shape index (κ1) is 23.2. The normalized spacial score (nSPS) is 13.3. The lowest BCUT2D eigenvalue weighted by Crippen LogP contribution is -2.36. The van der Waals surface area contributed by atoms with E-state index in [2.05, 4.69) is 50.1 Å². The number of nitriles is 1. The largest absolute Gasteiger partial charge is 0.367 e. The van der Waals surface area contributed by atoms with Crippen molar-refractivity contribution in [1.82, 2.24) is 16.0 Å². The van der Waals surface area contributed by atoms with E-state index in [-0.39, 0.29) is 24.7 Å². The van der Waals surface area contributed by atoms with Crippen LogP contribution in [0, 0.1) is 11.3 Å². The Balaban J connectivity index is 1.55. The van der Waals surface area contributed by atoms with Gasteiger partial charge in [0.2, 0.25) is 0 Å². The van der Waals surface area contributed by atoms with E-state index < -0.39 is 11.4 Å². The summed E-state index contributed by atoms with van der Waals surface area (Å²) in [5.74, 6) is 0.594. The smallest absolute Gasteiger partial charge is 0.279 e. The maximum Gasteiger partial charge on any atom is 0.279 e. The molecule has 0 aromatic heterocycles. The second-order valence-electron chi connectivity index (χ2n) is 8.04. The second-order valence-corrected chi connectivity index (χ2v) is 8.95. The average molecular weight is 517 g/mol. The van der Waals surface area contributed by atoms with Gasteiger partial charge in [0, 0.05) is 16.6 Å². The molecular formula is C26H21BrN4O3. The fraction of sp³-hybridized carbons (Fsp3) is 0.192. The van der Waals surface area contributed by atoms with Gasteiger partial charge in [-0.05, 0) is 52.9 Å². The number of hydrogen-bond donors (Lipinski definition) is 3. The molecule has 0 heterocycles. The number of rotatable bonds is 8. The van der Waals surface area contributed by atoms with E-state index in [1.54, 1.807) is 36.3 Å². The van der Waals surface area contributed by atoms with Crippen molar-refractivity contribution in [3.05, 3.63) is 87.5 Å². The van der Waals surface area contributed by atoms with Crippen molar-refractivity contribution in [2.45, 2.75) is 24.9 Å². The molecule has 0 unspecified atom stereocenters. The molecule has 1 fully saturated rings. The van der Waals surface area contributed by atoms with Crippen molar-refractivity contribution in [1.29, 1.82) is 5.26 Å². The topological polar surface area (TPSA) is 111 Å². The number of benzene rings is 3. The van der Waals surface area contributed by atoms with E-state index in [1.807, 2.05) is 18.2 Å². The lowest BCUT2D eigenvalue weighted by Gasteiger charge is -2.21. The molecule has 170 valence electrons. The van der Waals surface area contributed by atoms with Crippen LogP contribution < -0.4 is 16.0 Å². The molecule has 0 radical (unpaired) electrons. The summed E-state index contributed by atoms with van der Waals surface area (Å²) < 4.78 is 0.953. The number of hydrogen-bond acceptors (Lipinski definition) is 5. The monoisotopic (exact) mass is 516 g/mol. The number of halogens is 1. The van der Waals surface area contributed by atoms with Crippen molar-refractivity contribution < 1.29 is 14.4 Å². The predicted octanol–water partition coefficient (Wildman–Crippen LogP) is 3.47. The molecule has 1 aliphatic rings. The van der Waals surface area contributed by atoms with E-state index in [0.29, 0.717) is 11.1 Å². The zero-order valence-corrected chi connectivity index (χ0v) is 19.7. The van der Waals surface area contributed by atoms with Crippen molar-refractivity contribution in [2.24, 2.45) is 0 Å². The molecule has 0 atom stereocenters. The highest BCUT2D eigenvalue weighted by Gasteiger charge is 2.47. The van der Waals surface area contributed by atoms with Crippen molar-refractivity contribution >= 4 is 44.5 Å². The summed E-state index contributed by atoms with van der Waals surface area (Å²) in [5, 5.41) is 19.0. The highest BCUT2D eigenvalue weighted by molar-refractivity contribution is 9.10. The molecule has 1 saturated carbocycles. The van der Waals surface area contributed by atoms with Gasteiger partial charge < -0.3 is 16.0 Å². The molecule has 3 N–H and O–H groups in total. The second kappa shape index (κ2) is 9.92. The molecule has 2 amide bonds. The standard InChI is InChI=1S/C26H21BrN4O3/c27-19-13-17-5-1-3-7-20(17)22(14-19)26(9-10-26)31-24(33)21-8-4-2-6-18(21)15-30-23(16-32)25(34)29-12-11-28/h1-8,13-14,30H,9-10,12,15H2,(H,29,34)(H,31,33). The first-order valence-electron chi connectivity index (χ1n) is 10.7. The van der Waals surface area contributed by atoms with E-state index in [1.165, 1.54) is 0 Å². The van der Waals surface area contributed by atoms with Crippen LogP contribution in [0.4, 0.5) is 0 Å².